The number of nitrogens with one attached hydrogen (secondary N) is 6. The van der Waals surface area contributed by atoms with E-state index in [4.69, 9.17) is 9.98 Å². The maximum Gasteiger partial charge on any atom is 1.00 e. The number of aromatic nitrogens is 6. The quantitative estimate of drug-likeness (QED) is 0.0325. The molecule has 34 heteroatoms. The average molecular weight is 1430 g/mol. The summed E-state index contributed by atoms with van der Waals surface area (Å²) >= 11 is 0. The van der Waals surface area contributed by atoms with Gasteiger partial charge in [0.2, 0.25) is 33.7 Å². The third kappa shape index (κ3) is 21.3. The van der Waals surface area contributed by atoms with Crippen LogP contribution in [0.2, 0.25) is 0 Å². The number of hydrogen-bond donors (Lipinski definition) is 8. The van der Waals surface area contributed by atoms with E-state index in [2.05, 4.69) is 49.9 Å². The van der Waals surface area contributed by atoms with Crippen LogP contribution in [-0.2, 0) is 62.1 Å². The van der Waals surface area contributed by atoms with Crippen molar-refractivity contribution in [1.82, 2.24) is 29.9 Å². The van der Waals surface area contributed by atoms with Gasteiger partial charge in [-0.05, 0) is 153 Å². The van der Waals surface area contributed by atoms with Gasteiger partial charge in [0.05, 0.1) is 43.9 Å². The first-order chi connectivity index (χ1) is 42.2. The Morgan fingerprint density at radius 1 is 0.354 bits per heavy atom. The molecule has 0 saturated carbocycles. The van der Waals surface area contributed by atoms with Crippen molar-refractivity contribution in [3.63, 3.8) is 0 Å². The van der Waals surface area contributed by atoms with Gasteiger partial charge in [0.15, 0.2) is 0 Å². The molecular formula is C62H68N12Na4O14S4. The Balaban J connectivity index is 0.00000490. The fourth-order valence-electron chi connectivity index (χ4n) is 9.45. The minimum Gasteiger partial charge on any atom is -0.872 e. The molecule has 0 bridgehead atoms. The van der Waals surface area contributed by atoms with Crippen molar-refractivity contribution in [3.8, 4) is 11.5 Å². The van der Waals surface area contributed by atoms with Crippen LogP contribution in [0.4, 0.5) is 34.1 Å². The molecule has 6 aromatic carbocycles. The number of benzene rings is 6. The molecule has 0 unspecified atom stereocenters. The summed E-state index contributed by atoms with van der Waals surface area (Å²) in [6.07, 6.45) is 2.16. The first-order valence-electron chi connectivity index (χ1n) is 28.1. The summed E-state index contributed by atoms with van der Waals surface area (Å²) in [6, 6.07) is 21.4. The summed E-state index contributed by atoms with van der Waals surface area (Å²) in [6.45, 7) is 25.7. The van der Waals surface area contributed by atoms with E-state index in [1.54, 1.807) is 50.2 Å². The molecular weight excluding hydrogens is 1360 g/mol. The molecule has 0 aliphatic rings. The van der Waals surface area contributed by atoms with Crippen LogP contribution in [0, 0.1) is 13.8 Å². The van der Waals surface area contributed by atoms with Gasteiger partial charge in [-0.3, -0.25) is 39.0 Å². The topological polar surface area (TPSA) is 438 Å². The van der Waals surface area contributed by atoms with Gasteiger partial charge in [-0.1, -0.05) is 120 Å². The van der Waals surface area contributed by atoms with E-state index in [0.717, 1.165) is 24.3 Å². The molecule has 26 nitrogen and oxygen atoms in total. The van der Waals surface area contributed by atoms with E-state index in [1.165, 1.54) is 48.5 Å². The minimum absolute atomic E-state index is 0. The molecule has 8 aromatic rings. The summed E-state index contributed by atoms with van der Waals surface area (Å²) < 4.78 is 149. The van der Waals surface area contributed by atoms with Crippen LogP contribution in [0.3, 0.4) is 0 Å². The molecule has 0 amide bonds. The molecule has 0 fully saturated rings. The van der Waals surface area contributed by atoms with Crippen molar-refractivity contribution in [3.05, 3.63) is 175 Å². The van der Waals surface area contributed by atoms with Crippen molar-refractivity contribution in [2.45, 2.75) is 138 Å². The molecule has 0 aliphatic carbocycles. The number of H-pyrrole nitrogens is 6. The predicted molar refractivity (Wildman–Crippen MR) is 337 cm³/mol. The van der Waals surface area contributed by atoms with Crippen molar-refractivity contribution < 1.29 is 180 Å². The van der Waals surface area contributed by atoms with Gasteiger partial charge in [-0.25, -0.2) is 46.8 Å². The van der Waals surface area contributed by atoms with E-state index >= 15 is 0 Å². The molecule has 0 saturated heterocycles. The van der Waals surface area contributed by atoms with E-state index < -0.39 is 81.7 Å². The minimum atomic E-state index is -5.37. The van der Waals surface area contributed by atoms with Crippen LogP contribution in [0.15, 0.2) is 147 Å². The van der Waals surface area contributed by atoms with E-state index in [9.17, 15) is 62.1 Å². The molecule has 96 heavy (non-hydrogen) atoms. The zero-order valence-electron chi connectivity index (χ0n) is 56.5. The largest absolute Gasteiger partial charge is 1.00 e. The molecule has 2 heterocycles. The van der Waals surface area contributed by atoms with Gasteiger partial charge in [-0.2, -0.15) is 16.8 Å². The summed E-state index contributed by atoms with van der Waals surface area (Å²) in [5.74, 6) is -0.342. The third-order valence-electron chi connectivity index (χ3n) is 14.0. The monoisotopic (exact) mass is 1420 g/mol. The molecule has 0 aliphatic heterocycles. The normalized spacial score (nSPS) is 13.9. The fourth-order valence-corrected chi connectivity index (χ4v) is 12.3. The van der Waals surface area contributed by atoms with Crippen LogP contribution < -0.4 is 162 Å². The van der Waals surface area contributed by atoms with Crippen LogP contribution in [0.25, 0.3) is 12.2 Å². The molecule has 488 valence electrons. The van der Waals surface area contributed by atoms with Crippen molar-refractivity contribution in [1.29, 1.82) is 0 Å². The van der Waals surface area contributed by atoms with Crippen LogP contribution in [0.5, 0.6) is 11.5 Å². The molecule has 0 spiro atoms. The molecule has 0 radical (unpaired) electrons. The second-order valence-corrected chi connectivity index (χ2v) is 31.3. The summed E-state index contributed by atoms with van der Waals surface area (Å²) in [5, 5.41) is 27.5. The first kappa shape index (κ1) is 83.5. The van der Waals surface area contributed by atoms with Gasteiger partial charge in [0.25, 0.3) is 20.2 Å². The smallest absolute Gasteiger partial charge is 0.872 e. The SMILES string of the molecule is Cc1ccc(N=c2[nH]c(=Nc3cc(C(C)(C)C)c([O-])c(C(C)(C)C)c3)[nH]c(=Nc3ccc(/C=C/c4ccc(N=c5[nH]c(=Nc6cc(C(C)(C)C)c([O-])c(C(C)(C)C)c6)[nH]c(=Nc6ccc(C)cc6S(=O)(=O)O)[nH]5)cc4S(=O)(=O)[O-])c(S(=O)(=O)[O-])c3)[nH]2)c(S(=O)(=O)O)c1.[Na+].[Na+].[Na+].[Na+]. The molecule has 8 rings (SSSR count). The van der Waals surface area contributed by atoms with E-state index in [1.807, 2.05) is 83.1 Å². The van der Waals surface area contributed by atoms with Crippen LogP contribution in [0.1, 0.15) is 128 Å². The Hall–Kier alpha value is -4.88. The number of hydrogen-bond acceptors (Lipinski definition) is 18. The molecule has 2 aromatic heterocycles. The van der Waals surface area contributed by atoms with Crippen LogP contribution >= 0.6 is 0 Å². The summed E-state index contributed by atoms with van der Waals surface area (Å²) in [7, 11) is -20.4. The third-order valence-corrected chi connectivity index (χ3v) is 17.5. The van der Waals surface area contributed by atoms with Gasteiger partial charge in [0.1, 0.15) is 30.0 Å². The maximum absolute atomic E-state index is 13.8. The Labute approximate surface area is 644 Å². The Bertz CT molecular complexity index is 4900. The van der Waals surface area contributed by atoms with Gasteiger partial charge in [-0.15, -0.1) is 11.5 Å². The van der Waals surface area contributed by atoms with Gasteiger partial charge >= 0.3 is 118 Å². The van der Waals surface area contributed by atoms with Crippen molar-refractivity contribution in [2.24, 2.45) is 30.0 Å². The number of aryl methyl sites for hydroxylation is 2. The van der Waals surface area contributed by atoms with E-state index in [-0.39, 0.29) is 197 Å². The number of rotatable bonds is 12. The Morgan fingerprint density at radius 3 is 0.844 bits per heavy atom. The molecule has 8 N–H and O–H groups in total. The predicted octanol–water partition coefficient (Wildman–Crippen LogP) is -4.51. The van der Waals surface area contributed by atoms with Gasteiger partial charge < -0.3 is 19.3 Å². The zero-order valence-corrected chi connectivity index (χ0v) is 67.8. The Morgan fingerprint density at radius 2 is 0.604 bits per heavy atom. The maximum atomic E-state index is 13.8. The number of nitrogens with zero attached hydrogens (tertiary/aromatic N) is 6. The molecule has 0 atom stereocenters. The fraction of sp³-hybridized carbons (Fsp3) is 0.290. The van der Waals surface area contributed by atoms with Crippen molar-refractivity contribution in [2.75, 3.05) is 0 Å². The Kier molecular flexibility index (Phi) is 27.3. The zero-order chi connectivity index (χ0) is 68.2. The van der Waals surface area contributed by atoms with Crippen molar-refractivity contribution >= 4 is 86.7 Å². The second-order valence-electron chi connectivity index (χ2n) is 25.8. The second kappa shape index (κ2) is 31.3. The van der Waals surface area contributed by atoms with Gasteiger partial charge in [0, 0.05) is 0 Å². The summed E-state index contributed by atoms with van der Waals surface area (Å²) in [5.41, 5.74) is -1.38. The summed E-state index contributed by atoms with van der Waals surface area (Å²) in [4.78, 5) is 41.8. The standard InChI is InChI=1S/C62H72N12O14S4.4Na/c1-33-15-23-45(49(25-33)91(83,84)85)67-57-71-53(69-55(73-57)65-39-27-41(59(3,4)5)51(75)42(28-39)60(6,7)8)63-37-21-19-35(47(31-37)89(77,78)79)17-18-36-20-22-38(32-48(36)90(80,81)82)64-54-70-56(66-40-29-43(61(9,10)11)52(76)44(30-40)62(12,13)14)74-58(72-54)68-46-24-16-34(2)26-50(46)92(86,87)88;;;;/h15-32,75-76H,1-14H3,(H,77,78,79)(H,80,81,82)(H,83,84,85)(H,86,87,88)(H3,63,65,67,69,71,73)(H3,64,66,68,70,72,74);;;;/q;4*+1/p-4/b18-17+;;;;. The van der Waals surface area contributed by atoms with E-state index in [0.29, 0.717) is 44.8 Å². The van der Waals surface area contributed by atoms with Crippen LogP contribution in [-0.4, -0.2) is 81.8 Å². The first-order valence-corrected chi connectivity index (χ1v) is 33.8. The number of aromatic amines is 6. The average Bonchev–Trinajstić information content (AvgIpc) is 0.790.